The molecule has 1 heterocycles. The zero-order chi connectivity index (χ0) is 28.3. The quantitative estimate of drug-likeness (QED) is 0.243. The van der Waals surface area contributed by atoms with Gasteiger partial charge in [-0.05, 0) is 139 Å². The van der Waals surface area contributed by atoms with E-state index < -0.39 is 0 Å². The zero-order valence-electron chi connectivity index (χ0n) is 25.1. The first-order valence-electron chi connectivity index (χ1n) is 16.9. The van der Waals surface area contributed by atoms with Crippen molar-refractivity contribution in [3.8, 4) is 11.1 Å². The number of rotatable bonds is 3. The van der Waals surface area contributed by atoms with Crippen molar-refractivity contribution in [2.24, 2.45) is 0 Å². The van der Waals surface area contributed by atoms with Crippen molar-refractivity contribution in [1.82, 2.24) is 0 Å². The van der Waals surface area contributed by atoms with E-state index in [4.69, 9.17) is 4.42 Å². The summed E-state index contributed by atoms with van der Waals surface area (Å²) in [5, 5.41) is 4.33. The van der Waals surface area contributed by atoms with Gasteiger partial charge in [-0.2, -0.15) is 0 Å². The lowest BCUT2D eigenvalue weighted by atomic mass is 9.71. The van der Waals surface area contributed by atoms with E-state index in [0.29, 0.717) is 11.8 Å². The van der Waals surface area contributed by atoms with E-state index in [1.807, 2.05) is 0 Å². The van der Waals surface area contributed by atoms with Crippen molar-refractivity contribution < 1.29 is 4.42 Å². The van der Waals surface area contributed by atoms with Crippen LogP contribution in [0.15, 0.2) is 82.3 Å². The van der Waals surface area contributed by atoms with Gasteiger partial charge in [0.1, 0.15) is 11.3 Å². The van der Waals surface area contributed by atoms with Crippen molar-refractivity contribution in [1.29, 1.82) is 0 Å². The summed E-state index contributed by atoms with van der Waals surface area (Å²) in [6, 6.07) is 18.2. The topological polar surface area (TPSA) is 13.1 Å². The Morgan fingerprint density at radius 2 is 1.49 bits per heavy atom. The van der Waals surface area contributed by atoms with Gasteiger partial charge in [-0.15, -0.1) is 0 Å². The normalized spacial score (nSPS) is 22.3. The van der Waals surface area contributed by atoms with Crippen LogP contribution in [0.1, 0.15) is 110 Å². The Morgan fingerprint density at radius 3 is 2.44 bits per heavy atom. The Hall–Kier alpha value is -3.84. The third-order valence-electron chi connectivity index (χ3n) is 11.1. The molecule has 4 aromatic rings. The number of hydrogen-bond acceptors (Lipinski definition) is 1. The van der Waals surface area contributed by atoms with Gasteiger partial charge in [-0.1, -0.05) is 78.4 Å². The van der Waals surface area contributed by atoms with Crippen molar-refractivity contribution in [2.75, 3.05) is 0 Å². The summed E-state index contributed by atoms with van der Waals surface area (Å²) < 4.78 is 6.43. The average Bonchev–Trinajstić information content (AvgIpc) is 3.46. The fourth-order valence-electron chi connectivity index (χ4n) is 9.32. The smallest absolute Gasteiger partial charge is 0.135 e. The molecule has 214 valence electrons. The lowest BCUT2D eigenvalue weighted by Gasteiger charge is -2.33. The van der Waals surface area contributed by atoms with E-state index in [2.05, 4.69) is 85.0 Å². The molecule has 0 spiro atoms. The van der Waals surface area contributed by atoms with Gasteiger partial charge in [0.25, 0.3) is 0 Å². The molecule has 0 fully saturated rings. The second-order valence-electron chi connectivity index (χ2n) is 13.4. The van der Waals surface area contributed by atoms with Crippen LogP contribution in [0.5, 0.6) is 0 Å². The summed E-state index contributed by atoms with van der Waals surface area (Å²) in [5.74, 6) is 1.92. The van der Waals surface area contributed by atoms with E-state index in [0.717, 1.165) is 30.6 Å². The molecule has 2 atom stereocenters. The minimum atomic E-state index is 0.342. The highest BCUT2D eigenvalue weighted by Crippen LogP contribution is 2.47. The van der Waals surface area contributed by atoms with Gasteiger partial charge in [0, 0.05) is 22.8 Å². The van der Waals surface area contributed by atoms with Crippen molar-refractivity contribution in [2.45, 2.75) is 88.9 Å². The van der Waals surface area contributed by atoms with Gasteiger partial charge in [0.2, 0.25) is 0 Å². The third kappa shape index (κ3) is 4.04. The molecule has 5 aliphatic carbocycles. The Kier molecular flexibility index (Phi) is 6.20. The zero-order valence-corrected chi connectivity index (χ0v) is 25.1. The first-order chi connectivity index (χ1) is 21.4. The molecule has 9 rings (SSSR count). The first-order valence-corrected chi connectivity index (χ1v) is 16.9. The largest absolute Gasteiger partial charge is 0.456 e. The molecule has 1 aromatic heterocycles. The molecule has 43 heavy (non-hydrogen) atoms. The summed E-state index contributed by atoms with van der Waals surface area (Å²) in [7, 11) is 0. The first kappa shape index (κ1) is 25.6. The van der Waals surface area contributed by atoms with Crippen LogP contribution in [0.4, 0.5) is 0 Å². The number of furan rings is 1. The number of benzene rings is 3. The average molecular weight is 561 g/mol. The SMILES string of the molecule is C1=CC2=C(CC1)CCCC2c1ccccc1-c1c2c(c(C3CC=Cc4oc5ccccc5c43)c3c1=CCCC=3)CCCC2. The van der Waals surface area contributed by atoms with Crippen LogP contribution in [0.25, 0.3) is 40.3 Å². The minimum absolute atomic E-state index is 0.342. The Morgan fingerprint density at radius 1 is 0.651 bits per heavy atom. The van der Waals surface area contributed by atoms with Gasteiger partial charge in [0.15, 0.2) is 0 Å². The Bertz CT molecular complexity index is 1990. The van der Waals surface area contributed by atoms with Gasteiger partial charge < -0.3 is 4.42 Å². The molecule has 0 saturated heterocycles. The summed E-state index contributed by atoms with van der Waals surface area (Å²) in [4.78, 5) is 0. The lowest BCUT2D eigenvalue weighted by molar-refractivity contribution is 0.587. The van der Waals surface area contributed by atoms with E-state index in [1.54, 1.807) is 39.0 Å². The molecule has 0 amide bonds. The Labute approximate surface area is 255 Å². The Balaban J connectivity index is 1.31. The van der Waals surface area contributed by atoms with Crippen LogP contribution < -0.4 is 10.4 Å². The number of hydrogen-bond donors (Lipinski definition) is 0. The number of para-hydroxylation sites is 1. The predicted molar refractivity (Wildman–Crippen MR) is 180 cm³/mol. The molecule has 0 saturated carbocycles. The summed E-state index contributed by atoms with van der Waals surface area (Å²) in [5.41, 5.74) is 15.3. The minimum Gasteiger partial charge on any atom is -0.456 e. The molecular formula is C42H40O. The third-order valence-corrected chi connectivity index (χ3v) is 11.1. The standard InChI is InChI=1S/C42H40O/c1-2-15-28-27(13-1)14-11-23-29(28)30-16-3-4-17-31(30)40-32-18-5-7-20-34(32)41(35-21-8-6-19-33(35)40)37-24-12-26-39-42(37)36-22-9-10-25-38(36)43-39/h2-4,9-10,12,15-18,20,22,25-26,29,37H,1,5-8,11,13-14,19,21,23-24H2. The molecule has 3 aromatic carbocycles. The molecule has 2 unspecified atom stereocenters. The van der Waals surface area contributed by atoms with E-state index >= 15 is 0 Å². The van der Waals surface area contributed by atoms with Crippen LogP contribution in [0, 0.1) is 0 Å². The summed E-state index contributed by atoms with van der Waals surface area (Å²) >= 11 is 0. The van der Waals surface area contributed by atoms with Crippen LogP contribution >= 0.6 is 0 Å². The lowest BCUT2D eigenvalue weighted by Crippen LogP contribution is -2.38. The van der Waals surface area contributed by atoms with Crippen LogP contribution in [0.3, 0.4) is 0 Å². The maximum Gasteiger partial charge on any atom is 0.135 e. The number of fused-ring (bicyclic) bond motifs is 5. The molecular weight excluding hydrogens is 520 g/mol. The van der Waals surface area contributed by atoms with E-state index in [-0.39, 0.29) is 0 Å². The van der Waals surface area contributed by atoms with Gasteiger partial charge in [-0.25, -0.2) is 0 Å². The highest BCUT2D eigenvalue weighted by atomic mass is 16.3. The van der Waals surface area contributed by atoms with E-state index in [1.165, 1.54) is 84.7 Å². The maximum atomic E-state index is 6.43. The molecule has 1 heteroatoms. The van der Waals surface area contributed by atoms with Gasteiger partial charge in [0.05, 0.1) is 0 Å². The van der Waals surface area contributed by atoms with Crippen LogP contribution in [-0.4, -0.2) is 0 Å². The molecule has 1 nitrogen and oxygen atoms in total. The molecule has 0 N–H and O–H groups in total. The second kappa shape index (κ2) is 10.4. The molecule has 0 radical (unpaired) electrons. The summed E-state index contributed by atoms with van der Waals surface area (Å²) in [6.07, 6.45) is 29.3. The van der Waals surface area contributed by atoms with Crippen molar-refractivity contribution in [3.05, 3.63) is 122 Å². The number of allylic oxidation sites excluding steroid dienone is 5. The molecule has 5 aliphatic rings. The van der Waals surface area contributed by atoms with Crippen molar-refractivity contribution in [3.63, 3.8) is 0 Å². The fourth-order valence-corrected chi connectivity index (χ4v) is 9.32. The summed E-state index contributed by atoms with van der Waals surface area (Å²) in [6.45, 7) is 0. The monoisotopic (exact) mass is 560 g/mol. The second-order valence-corrected chi connectivity index (χ2v) is 13.4. The fraction of sp³-hybridized carbons (Fsp3) is 0.333. The predicted octanol–water partition coefficient (Wildman–Crippen LogP) is 9.80. The molecule has 0 aliphatic heterocycles. The highest BCUT2D eigenvalue weighted by molar-refractivity contribution is 5.87. The van der Waals surface area contributed by atoms with E-state index in [9.17, 15) is 0 Å². The van der Waals surface area contributed by atoms with Gasteiger partial charge >= 0.3 is 0 Å². The molecule has 0 bridgehead atoms. The van der Waals surface area contributed by atoms with Crippen LogP contribution in [0.2, 0.25) is 0 Å². The van der Waals surface area contributed by atoms with Crippen molar-refractivity contribution >= 4 is 29.2 Å². The highest BCUT2D eigenvalue weighted by Gasteiger charge is 2.33. The van der Waals surface area contributed by atoms with Crippen LogP contribution in [-0.2, 0) is 12.8 Å². The maximum absolute atomic E-state index is 6.43. The van der Waals surface area contributed by atoms with Gasteiger partial charge in [-0.3, -0.25) is 0 Å².